The molecule has 126 valence electrons. The summed E-state index contributed by atoms with van der Waals surface area (Å²) in [7, 11) is 0. The molecular weight excluding hydrogens is 323 g/mol. The zero-order chi connectivity index (χ0) is 17.2. The van der Waals surface area contributed by atoms with Crippen molar-refractivity contribution in [1.82, 2.24) is 24.7 Å². The van der Waals surface area contributed by atoms with Crippen molar-refractivity contribution in [2.24, 2.45) is 5.92 Å². The van der Waals surface area contributed by atoms with Gasteiger partial charge in [-0.2, -0.15) is 5.10 Å². The van der Waals surface area contributed by atoms with Gasteiger partial charge in [-0.15, -0.1) is 0 Å². The fourth-order valence-corrected chi connectivity index (χ4v) is 2.90. The Morgan fingerprint density at radius 1 is 1.12 bits per heavy atom. The minimum Gasteiger partial charge on any atom is -0.353 e. The van der Waals surface area contributed by atoms with E-state index in [4.69, 9.17) is 0 Å². The Balaban J connectivity index is 1.47. The third-order valence-corrected chi connectivity index (χ3v) is 4.18. The molecule has 0 atom stereocenters. The van der Waals surface area contributed by atoms with Gasteiger partial charge in [0.15, 0.2) is 11.6 Å². The first-order valence-electron chi connectivity index (χ1n) is 7.90. The normalized spacial score (nSPS) is 14.4. The van der Waals surface area contributed by atoms with E-state index in [1.54, 1.807) is 18.5 Å². The first kappa shape index (κ1) is 15.4. The lowest BCUT2D eigenvalue weighted by Gasteiger charge is -2.40. The number of hydrogen-bond donors (Lipinski definition) is 0. The van der Waals surface area contributed by atoms with Gasteiger partial charge in [0.25, 0.3) is 5.56 Å². The molecule has 0 bridgehead atoms. The summed E-state index contributed by atoms with van der Waals surface area (Å²) in [6.07, 6.45) is 5.86. The van der Waals surface area contributed by atoms with Crippen molar-refractivity contribution in [2.45, 2.75) is 6.54 Å². The molecule has 1 saturated heterocycles. The van der Waals surface area contributed by atoms with Crippen LogP contribution in [0.5, 0.6) is 0 Å². The van der Waals surface area contributed by atoms with Crippen LogP contribution in [0.25, 0.3) is 11.3 Å². The molecule has 4 rings (SSSR count). The Kier molecular flexibility index (Phi) is 3.93. The Labute approximate surface area is 142 Å². The largest absolute Gasteiger partial charge is 0.353 e. The predicted molar refractivity (Wildman–Crippen MR) is 89.4 cm³/mol. The number of rotatable bonds is 4. The third-order valence-electron chi connectivity index (χ3n) is 4.18. The van der Waals surface area contributed by atoms with Crippen molar-refractivity contribution in [1.29, 1.82) is 0 Å². The van der Waals surface area contributed by atoms with Gasteiger partial charge < -0.3 is 4.90 Å². The standard InChI is InChI=1S/C17H15FN6O/c18-14-7-20-11-21-17(14)23-8-12(9-23)10-24-16(25)2-1-15(22-24)13-3-5-19-6-4-13/h1-7,11-12H,8-10H2. The van der Waals surface area contributed by atoms with Crippen LogP contribution < -0.4 is 10.5 Å². The maximum absolute atomic E-state index is 13.7. The van der Waals surface area contributed by atoms with E-state index in [0.717, 1.165) is 17.5 Å². The van der Waals surface area contributed by atoms with Crippen molar-refractivity contribution in [2.75, 3.05) is 18.0 Å². The van der Waals surface area contributed by atoms with Gasteiger partial charge in [0.1, 0.15) is 6.33 Å². The van der Waals surface area contributed by atoms with E-state index in [2.05, 4.69) is 20.1 Å². The summed E-state index contributed by atoms with van der Waals surface area (Å²) in [5.41, 5.74) is 1.48. The van der Waals surface area contributed by atoms with Gasteiger partial charge in [-0.3, -0.25) is 9.78 Å². The van der Waals surface area contributed by atoms with E-state index in [0.29, 0.717) is 25.5 Å². The van der Waals surface area contributed by atoms with Gasteiger partial charge in [0.2, 0.25) is 0 Å². The highest BCUT2D eigenvalue weighted by Crippen LogP contribution is 2.25. The van der Waals surface area contributed by atoms with Gasteiger partial charge in [-0.05, 0) is 18.2 Å². The molecular formula is C17H15FN6O. The maximum atomic E-state index is 13.7. The average Bonchev–Trinajstić information content (AvgIpc) is 2.61. The summed E-state index contributed by atoms with van der Waals surface area (Å²) in [6, 6.07) is 6.92. The quantitative estimate of drug-likeness (QED) is 0.715. The Bertz CT molecular complexity index is 939. The molecule has 3 aromatic heterocycles. The van der Waals surface area contributed by atoms with Crippen molar-refractivity contribution < 1.29 is 4.39 Å². The van der Waals surface area contributed by atoms with E-state index < -0.39 is 5.82 Å². The minimum atomic E-state index is -0.434. The fourth-order valence-electron chi connectivity index (χ4n) is 2.90. The van der Waals surface area contributed by atoms with E-state index >= 15 is 0 Å². The second-order valence-electron chi connectivity index (χ2n) is 5.94. The molecule has 1 aliphatic rings. The van der Waals surface area contributed by atoms with Crippen molar-refractivity contribution >= 4 is 5.82 Å². The van der Waals surface area contributed by atoms with Crippen LogP contribution in [-0.2, 0) is 6.54 Å². The highest BCUT2D eigenvalue weighted by Gasteiger charge is 2.30. The fraction of sp³-hybridized carbons (Fsp3) is 0.235. The summed E-state index contributed by atoms with van der Waals surface area (Å²) in [5, 5.41) is 4.44. The van der Waals surface area contributed by atoms with Crippen LogP contribution in [0.1, 0.15) is 0 Å². The molecule has 3 aromatic rings. The molecule has 8 heteroatoms. The topological polar surface area (TPSA) is 76.8 Å². The van der Waals surface area contributed by atoms with Gasteiger partial charge in [-0.25, -0.2) is 19.0 Å². The lowest BCUT2D eigenvalue weighted by Crippen LogP contribution is -2.50. The molecule has 7 nitrogen and oxygen atoms in total. The molecule has 25 heavy (non-hydrogen) atoms. The van der Waals surface area contributed by atoms with Gasteiger partial charge in [0.05, 0.1) is 18.4 Å². The van der Waals surface area contributed by atoms with Crippen molar-refractivity contribution in [3.8, 4) is 11.3 Å². The van der Waals surface area contributed by atoms with Crippen LogP contribution in [0.3, 0.4) is 0 Å². The van der Waals surface area contributed by atoms with Crippen LogP contribution in [0.4, 0.5) is 10.2 Å². The molecule has 0 unspecified atom stereocenters. The van der Waals surface area contributed by atoms with E-state index in [1.807, 2.05) is 17.0 Å². The number of hydrogen-bond acceptors (Lipinski definition) is 6. The lowest BCUT2D eigenvalue weighted by atomic mass is 10.0. The first-order chi connectivity index (χ1) is 12.2. The number of nitrogens with zero attached hydrogens (tertiary/aromatic N) is 6. The van der Waals surface area contributed by atoms with Crippen LogP contribution in [0, 0.1) is 11.7 Å². The van der Waals surface area contributed by atoms with Crippen LogP contribution in [-0.4, -0.2) is 37.8 Å². The predicted octanol–water partition coefficient (Wildman–Crippen LogP) is 1.37. The number of aromatic nitrogens is 5. The summed E-state index contributed by atoms with van der Waals surface area (Å²) in [6.45, 7) is 1.74. The molecule has 0 aliphatic carbocycles. The number of anilines is 1. The number of pyridine rings is 1. The van der Waals surface area contributed by atoms with Crippen LogP contribution in [0.15, 0.2) is 54.0 Å². The summed E-state index contributed by atoms with van der Waals surface area (Å²) in [4.78, 5) is 25.5. The number of halogens is 1. The molecule has 1 aliphatic heterocycles. The van der Waals surface area contributed by atoms with Gasteiger partial charge in [0, 0.05) is 43.0 Å². The van der Waals surface area contributed by atoms with Crippen LogP contribution in [0.2, 0.25) is 0 Å². The Morgan fingerprint density at radius 2 is 1.92 bits per heavy atom. The average molecular weight is 338 g/mol. The minimum absolute atomic E-state index is 0.149. The van der Waals surface area contributed by atoms with Crippen LogP contribution >= 0.6 is 0 Å². The lowest BCUT2D eigenvalue weighted by molar-refractivity contribution is 0.330. The Hall–Kier alpha value is -3.16. The van der Waals surface area contributed by atoms with Gasteiger partial charge >= 0.3 is 0 Å². The zero-order valence-corrected chi connectivity index (χ0v) is 13.3. The van der Waals surface area contributed by atoms with Crippen molar-refractivity contribution in [3.05, 3.63) is 65.4 Å². The van der Waals surface area contributed by atoms with E-state index in [-0.39, 0.29) is 11.5 Å². The van der Waals surface area contributed by atoms with Crippen molar-refractivity contribution in [3.63, 3.8) is 0 Å². The highest BCUT2D eigenvalue weighted by atomic mass is 19.1. The molecule has 0 N–H and O–H groups in total. The SMILES string of the molecule is O=c1ccc(-c2ccncc2)nn1CC1CN(c2ncncc2F)C1. The molecule has 0 amide bonds. The second-order valence-corrected chi connectivity index (χ2v) is 5.94. The zero-order valence-electron chi connectivity index (χ0n) is 13.3. The molecule has 0 radical (unpaired) electrons. The smallest absolute Gasteiger partial charge is 0.266 e. The second kappa shape index (κ2) is 6.39. The summed E-state index contributed by atoms with van der Waals surface area (Å²) >= 11 is 0. The third kappa shape index (κ3) is 3.10. The molecule has 4 heterocycles. The Morgan fingerprint density at radius 3 is 2.68 bits per heavy atom. The van der Waals surface area contributed by atoms with E-state index in [9.17, 15) is 9.18 Å². The molecule has 0 aromatic carbocycles. The van der Waals surface area contributed by atoms with E-state index in [1.165, 1.54) is 17.1 Å². The maximum Gasteiger partial charge on any atom is 0.266 e. The highest BCUT2D eigenvalue weighted by molar-refractivity contribution is 5.57. The monoisotopic (exact) mass is 338 g/mol. The summed E-state index contributed by atoms with van der Waals surface area (Å²) < 4.78 is 15.1. The molecule has 0 saturated carbocycles. The van der Waals surface area contributed by atoms with Gasteiger partial charge in [-0.1, -0.05) is 0 Å². The first-order valence-corrected chi connectivity index (χ1v) is 7.90. The summed E-state index contributed by atoms with van der Waals surface area (Å²) in [5.74, 6) is 0.0836. The molecule has 0 spiro atoms. The molecule has 1 fully saturated rings.